The van der Waals surface area contributed by atoms with E-state index in [0.29, 0.717) is 37.2 Å². The highest BCUT2D eigenvalue weighted by Crippen LogP contribution is 2.27. The van der Waals surface area contributed by atoms with E-state index in [1.165, 1.54) is 4.88 Å². The third kappa shape index (κ3) is 6.56. The largest absolute Gasteiger partial charge is 0.493 e. The van der Waals surface area contributed by atoms with Gasteiger partial charge in [-0.2, -0.15) is 0 Å². The van der Waals surface area contributed by atoms with Crippen LogP contribution < -0.4 is 14.8 Å². The minimum Gasteiger partial charge on any atom is -0.493 e. The quantitative estimate of drug-likeness (QED) is 0.635. The van der Waals surface area contributed by atoms with Crippen LogP contribution in [0, 0.1) is 0 Å². The van der Waals surface area contributed by atoms with E-state index < -0.39 is 0 Å². The van der Waals surface area contributed by atoms with Gasteiger partial charge in [-0.1, -0.05) is 19.1 Å². The maximum Gasteiger partial charge on any atom is 0.236 e. The van der Waals surface area contributed by atoms with Crippen LogP contribution in [0.3, 0.4) is 0 Å². The van der Waals surface area contributed by atoms with Crippen molar-refractivity contribution in [3.8, 4) is 11.5 Å². The lowest BCUT2D eigenvalue weighted by molar-refractivity contribution is -0.130. The number of thiophene rings is 1. The lowest BCUT2D eigenvalue weighted by atomic mass is 10.1. The van der Waals surface area contributed by atoms with Crippen LogP contribution in [0.25, 0.3) is 0 Å². The van der Waals surface area contributed by atoms with Crippen LogP contribution in [0.1, 0.15) is 30.7 Å². The second kappa shape index (κ2) is 10.9. The molecule has 0 saturated heterocycles. The fourth-order valence-electron chi connectivity index (χ4n) is 2.70. The molecule has 0 fully saturated rings. The molecule has 1 unspecified atom stereocenters. The van der Waals surface area contributed by atoms with Crippen molar-refractivity contribution < 1.29 is 14.3 Å². The van der Waals surface area contributed by atoms with Crippen molar-refractivity contribution in [2.75, 3.05) is 27.3 Å². The summed E-state index contributed by atoms with van der Waals surface area (Å²) < 4.78 is 10.7. The summed E-state index contributed by atoms with van der Waals surface area (Å²) in [6.45, 7) is 5.88. The number of hydrogen-bond donors (Lipinski definition) is 1. The van der Waals surface area contributed by atoms with Crippen molar-refractivity contribution in [1.82, 2.24) is 10.2 Å². The molecule has 2 aromatic rings. The molecule has 1 aromatic heterocycles. The highest BCUT2D eigenvalue weighted by molar-refractivity contribution is 7.09. The molecule has 27 heavy (non-hydrogen) atoms. The Balaban J connectivity index is 2.03. The van der Waals surface area contributed by atoms with Crippen molar-refractivity contribution in [2.24, 2.45) is 0 Å². The average molecular weight is 391 g/mol. The van der Waals surface area contributed by atoms with Gasteiger partial charge in [-0.05, 0) is 48.9 Å². The van der Waals surface area contributed by atoms with Crippen LogP contribution in [0.2, 0.25) is 0 Å². The zero-order valence-corrected chi connectivity index (χ0v) is 17.5. The highest BCUT2D eigenvalue weighted by atomic mass is 32.1. The summed E-state index contributed by atoms with van der Waals surface area (Å²) in [6, 6.07) is 10.3. The molecule has 1 heterocycles. The molecule has 0 aliphatic rings. The summed E-state index contributed by atoms with van der Waals surface area (Å²) in [4.78, 5) is 15.9. The second-order valence-electron chi connectivity index (χ2n) is 6.52. The number of carbonyl (C=O) groups is 1. The maximum absolute atomic E-state index is 12.8. The van der Waals surface area contributed by atoms with Gasteiger partial charge in [-0.3, -0.25) is 4.79 Å². The predicted octanol–water partition coefficient (Wildman–Crippen LogP) is 3.72. The van der Waals surface area contributed by atoms with Gasteiger partial charge in [0.25, 0.3) is 0 Å². The van der Waals surface area contributed by atoms with Gasteiger partial charge in [0, 0.05) is 17.5 Å². The third-order valence-electron chi connectivity index (χ3n) is 4.61. The van der Waals surface area contributed by atoms with Crippen molar-refractivity contribution in [1.29, 1.82) is 0 Å². The summed E-state index contributed by atoms with van der Waals surface area (Å²) in [5.74, 6) is 1.55. The lowest BCUT2D eigenvalue weighted by Gasteiger charge is -2.23. The second-order valence-corrected chi connectivity index (χ2v) is 7.56. The van der Waals surface area contributed by atoms with Gasteiger partial charge in [0.1, 0.15) is 0 Å². The van der Waals surface area contributed by atoms with E-state index in [2.05, 4.69) is 25.2 Å². The van der Waals surface area contributed by atoms with E-state index in [4.69, 9.17) is 9.47 Å². The van der Waals surface area contributed by atoms with Gasteiger partial charge < -0.3 is 19.7 Å². The van der Waals surface area contributed by atoms with Crippen LogP contribution in [0.4, 0.5) is 0 Å². The topological polar surface area (TPSA) is 50.8 Å². The van der Waals surface area contributed by atoms with Gasteiger partial charge in [-0.15, -0.1) is 11.3 Å². The molecule has 2 rings (SSSR count). The first kappa shape index (κ1) is 21.3. The summed E-state index contributed by atoms with van der Waals surface area (Å²) in [6.07, 6.45) is 1.77. The van der Waals surface area contributed by atoms with Gasteiger partial charge in [-0.25, -0.2) is 0 Å². The molecule has 0 bridgehead atoms. The van der Waals surface area contributed by atoms with E-state index in [0.717, 1.165) is 18.4 Å². The Kier molecular flexibility index (Phi) is 8.61. The molecule has 0 radical (unpaired) electrons. The number of carbonyl (C=O) groups excluding carboxylic acids is 1. The number of ether oxygens (including phenoxy) is 2. The molecule has 0 spiro atoms. The minimum atomic E-state index is 0.129. The van der Waals surface area contributed by atoms with Crippen molar-refractivity contribution >= 4 is 17.2 Å². The smallest absolute Gasteiger partial charge is 0.236 e. The summed E-state index contributed by atoms with van der Waals surface area (Å²) in [5.41, 5.74) is 1.12. The number of amides is 1. The molecular weight excluding hydrogens is 360 g/mol. The Morgan fingerprint density at radius 2 is 2.00 bits per heavy atom. The van der Waals surface area contributed by atoms with E-state index in [-0.39, 0.29) is 5.91 Å². The first-order valence-corrected chi connectivity index (χ1v) is 10.2. The van der Waals surface area contributed by atoms with E-state index in [9.17, 15) is 4.79 Å². The number of rotatable bonds is 11. The molecular formula is C21H30N2O3S. The summed E-state index contributed by atoms with van der Waals surface area (Å²) >= 11 is 1.68. The summed E-state index contributed by atoms with van der Waals surface area (Å²) in [5, 5.41) is 5.34. The number of benzene rings is 1. The fourth-order valence-corrected chi connectivity index (χ4v) is 3.42. The Hall–Kier alpha value is -2.05. The first-order valence-electron chi connectivity index (χ1n) is 9.31. The van der Waals surface area contributed by atoms with Crippen LogP contribution in [0.15, 0.2) is 35.7 Å². The monoisotopic (exact) mass is 390 g/mol. The number of nitrogens with zero attached hydrogens (tertiary/aromatic N) is 1. The van der Waals surface area contributed by atoms with E-state index in [1.54, 1.807) is 25.6 Å². The molecule has 1 aromatic carbocycles. The number of hydrogen-bond acceptors (Lipinski definition) is 5. The van der Waals surface area contributed by atoms with Crippen molar-refractivity contribution in [3.05, 3.63) is 46.2 Å². The Labute approximate surface area is 166 Å². The molecule has 1 amide bonds. The molecule has 6 heteroatoms. The molecule has 1 N–H and O–H groups in total. The Morgan fingerprint density at radius 3 is 2.63 bits per heavy atom. The van der Waals surface area contributed by atoms with Crippen LogP contribution in [0.5, 0.6) is 11.5 Å². The average Bonchev–Trinajstić information content (AvgIpc) is 3.21. The van der Waals surface area contributed by atoms with Crippen molar-refractivity contribution in [3.63, 3.8) is 0 Å². The first-order chi connectivity index (χ1) is 13.1. The molecule has 1 atom stereocenters. The lowest BCUT2D eigenvalue weighted by Crippen LogP contribution is -2.41. The summed E-state index contributed by atoms with van der Waals surface area (Å²) in [7, 11) is 3.26. The predicted molar refractivity (Wildman–Crippen MR) is 111 cm³/mol. The van der Waals surface area contributed by atoms with Crippen LogP contribution in [-0.4, -0.2) is 44.2 Å². The molecule has 0 aliphatic carbocycles. The van der Waals surface area contributed by atoms with Crippen molar-refractivity contribution in [2.45, 2.75) is 39.3 Å². The standard InChI is InChI=1S/C21H30N2O3S/c1-5-16(2)22-14-21(24)23(15-18-7-6-12-27-18)11-10-17-8-9-19(25-3)20(13-17)26-4/h6-9,12-13,16,22H,5,10-11,14-15H2,1-4H3. The van der Waals surface area contributed by atoms with Gasteiger partial charge in [0.2, 0.25) is 5.91 Å². The SMILES string of the molecule is CCC(C)NCC(=O)N(CCc1ccc(OC)c(OC)c1)Cc1cccs1. The minimum absolute atomic E-state index is 0.129. The van der Waals surface area contributed by atoms with E-state index >= 15 is 0 Å². The van der Waals surface area contributed by atoms with Gasteiger partial charge in [0.15, 0.2) is 11.5 Å². The fraction of sp³-hybridized carbons (Fsp3) is 0.476. The molecule has 0 saturated carbocycles. The number of methoxy groups -OCH3 is 2. The van der Waals surface area contributed by atoms with Crippen LogP contribution in [-0.2, 0) is 17.8 Å². The Morgan fingerprint density at radius 1 is 1.22 bits per heavy atom. The zero-order chi connectivity index (χ0) is 19.6. The van der Waals surface area contributed by atoms with Crippen LogP contribution >= 0.6 is 11.3 Å². The normalized spacial score (nSPS) is 11.9. The number of nitrogens with one attached hydrogen (secondary N) is 1. The Bertz CT molecular complexity index is 703. The zero-order valence-electron chi connectivity index (χ0n) is 16.7. The highest BCUT2D eigenvalue weighted by Gasteiger charge is 2.16. The van der Waals surface area contributed by atoms with Gasteiger partial charge in [0.05, 0.1) is 27.3 Å². The third-order valence-corrected chi connectivity index (χ3v) is 5.47. The maximum atomic E-state index is 12.8. The van der Waals surface area contributed by atoms with Gasteiger partial charge >= 0.3 is 0 Å². The molecule has 0 aliphatic heterocycles. The van der Waals surface area contributed by atoms with E-state index in [1.807, 2.05) is 34.5 Å². The molecule has 148 valence electrons. The molecule has 5 nitrogen and oxygen atoms in total.